The molecule has 1 aromatic heterocycles. The van der Waals surface area contributed by atoms with E-state index in [1.165, 1.54) is 12.1 Å². The Morgan fingerprint density at radius 2 is 2.24 bits per heavy atom. The summed E-state index contributed by atoms with van der Waals surface area (Å²) in [5.74, 6) is 0.691. The monoisotopic (exact) mass is 236 g/mol. The Morgan fingerprint density at radius 1 is 1.47 bits per heavy atom. The summed E-state index contributed by atoms with van der Waals surface area (Å²) in [4.78, 5) is 2.45. The predicted molar refractivity (Wildman–Crippen MR) is 71.5 cm³/mol. The molecule has 0 aromatic carbocycles. The van der Waals surface area contributed by atoms with Gasteiger partial charge in [0.15, 0.2) is 0 Å². The van der Waals surface area contributed by atoms with Crippen molar-refractivity contribution in [1.82, 2.24) is 15.1 Å². The van der Waals surface area contributed by atoms with Crippen LogP contribution in [0.1, 0.15) is 33.2 Å². The minimum Gasteiger partial charge on any atom is -0.369 e. The van der Waals surface area contributed by atoms with Gasteiger partial charge in [-0.15, -0.1) is 0 Å². The van der Waals surface area contributed by atoms with Crippen molar-refractivity contribution in [2.75, 3.05) is 25.0 Å². The van der Waals surface area contributed by atoms with Gasteiger partial charge in [-0.05, 0) is 33.2 Å². The highest BCUT2D eigenvalue weighted by molar-refractivity contribution is 5.43. The van der Waals surface area contributed by atoms with Gasteiger partial charge in [0.05, 0.1) is 11.9 Å². The molecule has 1 N–H and O–H groups in total. The molecule has 2 atom stereocenters. The van der Waals surface area contributed by atoms with Crippen LogP contribution in [0.2, 0.25) is 0 Å². The smallest absolute Gasteiger partial charge is 0.0752 e. The first-order chi connectivity index (χ1) is 8.11. The molecule has 0 amide bonds. The molecule has 0 spiro atoms. The minimum absolute atomic E-state index is 0.441. The van der Waals surface area contributed by atoms with Crippen LogP contribution >= 0.6 is 0 Å². The maximum atomic E-state index is 4.41. The second kappa shape index (κ2) is 5.08. The lowest BCUT2D eigenvalue weighted by Gasteiger charge is -2.37. The van der Waals surface area contributed by atoms with Gasteiger partial charge in [0.2, 0.25) is 0 Å². The molecule has 0 saturated carbocycles. The highest BCUT2D eigenvalue weighted by Gasteiger charge is 2.25. The van der Waals surface area contributed by atoms with Gasteiger partial charge >= 0.3 is 0 Å². The number of rotatable bonds is 3. The molecular weight excluding hydrogens is 212 g/mol. The average molecular weight is 236 g/mol. The summed E-state index contributed by atoms with van der Waals surface area (Å²) in [5.41, 5.74) is 1.26. The second-order valence-corrected chi connectivity index (χ2v) is 5.38. The SMILES string of the molecule is CNC1CCN(c2cnn(C(C)C)c2)CC1C. The van der Waals surface area contributed by atoms with E-state index < -0.39 is 0 Å². The third-order valence-corrected chi connectivity index (χ3v) is 3.76. The zero-order valence-corrected chi connectivity index (χ0v) is 11.3. The molecule has 4 nitrogen and oxygen atoms in total. The summed E-state index contributed by atoms with van der Waals surface area (Å²) in [6, 6.07) is 1.10. The maximum absolute atomic E-state index is 4.41. The number of aromatic nitrogens is 2. The van der Waals surface area contributed by atoms with E-state index in [9.17, 15) is 0 Å². The van der Waals surface area contributed by atoms with Gasteiger partial charge in [-0.1, -0.05) is 6.92 Å². The van der Waals surface area contributed by atoms with Crippen LogP contribution < -0.4 is 10.2 Å². The van der Waals surface area contributed by atoms with Crippen molar-refractivity contribution in [3.05, 3.63) is 12.4 Å². The summed E-state index contributed by atoms with van der Waals surface area (Å²) in [7, 11) is 2.06. The fraction of sp³-hybridized carbons (Fsp3) is 0.769. The molecule has 96 valence electrons. The topological polar surface area (TPSA) is 33.1 Å². The molecule has 17 heavy (non-hydrogen) atoms. The first-order valence-electron chi connectivity index (χ1n) is 6.58. The fourth-order valence-electron chi connectivity index (χ4n) is 2.58. The Hall–Kier alpha value is -1.03. The maximum Gasteiger partial charge on any atom is 0.0752 e. The van der Waals surface area contributed by atoms with Crippen molar-refractivity contribution in [1.29, 1.82) is 0 Å². The molecule has 1 aromatic rings. The molecule has 1 aliphatic rings. The predicted octanol–water partition coefficient (Wildman–Crippen LogP) is 1.90. The summed E-state index contributed by atoms with van der Waals surface area (Å²) >= 11 is 0. The van der Waals surface area contributed by atoms with Crippen molar-refractivity contribution < 1.29 is 0 Å². The lowest BCUT2D eigenvalue weighted by Crippen LogP contribution is -2.47. The minimum atomic E-state index is 0.441. The third kappa shape index (κ3) is 2.63. The normalized spacial score (nSPS) is 25.6. The van der Waals surface area contributed by atoms with Gasteiger partial charge in [0, 0.05) is 31.4 Å². The van der Waals surface area contributed by atoms with Crippen molar-refractivity contribution >= 4 is 5.69 Å². The van der Waals surface area contributed by atoms with Crippen LogP contribution in [0.3, 0.4) is 0 Å². The molecule has 2 rings (SSSR count). The van der Waals surface area contributed by atoms with Crippen LogP contribution in [-0.2, 0) is 0 Å². The number of hydrogen-bond donors (Lipinski definition) is 1. The van der Waals surface area contributed by atoms with Crippen LogP contribution in [0, 0.1) is 5.92 Å². The van der Waals surface area contributed by atoms with Gasteiger partial charge < -0.3 is 10.2 Å². The highest BCUT2D eigenvalue weighted by atomic mass is 15.3. The first-order valence-corrected chi connectivity index (χ1v) is 6.58. The van der Waals surface area contributed by atoms with Crippen LogP contribution in [0.15, 0.2) is 12.4 Å². The summed E-state index contributed by atoms with van der Waals surface area (Å²) in [5, 5.41) is 7.82. The Balaban J connectivity index is 2.03. The Bertz CT molecular complexity index is 358. The summed E-state index contributed by atoms with van der Waals surface area (Å²) in [6.07, 6.45) is 5.37. The molecule has 4 heteroatoms. The Kier molecular flexibility index (Phi) is 3.72. The van der Waals surface area contributed by atoms with E-state index in [0.29, 0.717) is 18.0 Å². The van der Waals surface area contributed by atoms with Gasteiger partial charge in [-0.2, -0.15) is 5.10 Å². The van der Waals surface area contributed by atoms with Gasteiger partial charge in [0.25, 0.3) is 0 Å². The van der Waals surface area contributed by atoms with Gasteiger partial charge in [-0.25, -0.2) is 0 Å². The van der Waals surface area contributed by atoms with E-state index >= 15 is 0 Å². The summed E-state index contributed by atoms with van der Waals surface area (Å²) in [6.45, 7) is 8.88. The van der Waals surface area contributed by atoms with Crippen molar-refractivity contribution in [2.24, 2.45) is 5.92 Å². The number of piperidine rings is 1. The number of nitrogens with zero attached hydrogens (tertiary/aromatic N) is 3. The third-order valence-electron chi connectivity index (χ3n) is 3.76. The van der Waals surface area contributed by atoms with E-state index in [0.717, 1.165) is 13.1 Å². The molecule has 1 saturated heterocycles. The van der Waals surface area contributed by atoms with Crippen LogP contribution in [0.5, 0.6) is 0 Å². The quantitative estimate of drug-likeness (QED) is 0.870. The standard InChI is InChI=1S/C13H24N4/c1-10(2)17-9-12(7-15-17)16-6-5-13(14-4)11(3)8-16/h7,9-11,13-14H,5-6,8H2,1-4H3. The van der Waals surface area contributed by atoms with Crippen LogP contribution in [0.4, 0.5) is 5.69 Å². The number of nitrogens with one attached hydrogen (secondary N) is 1. The van der Waals surface area contributed by atoms with Crippen molar-refractivity contribution in [2.45, 2.75) is 39.3 Å². The van der Waals surface area contributed by atoms with Gasteiger partial charge in [-0.3, -0.25) is 4.68 Å². The Labute approximate surface area is 104 Å². The molecule has 2 heterocycles. The first kappa shape index (κ1) is 12.4. The molecule has 2 unspecified atom stereocenters. The van der Waals surface area contributed by atoms with Crippen molar-refractivity contribution in [3.8, 4) is 0 Å². The zero-order valence-electron chi connectivity index (χ0n) is 11.3. The Morgan fingerprint density at radius 3 is 2.76 bits per heavy atom. The highest BCUT2D eigenvalue weighted by Crippen LogP contribution is 2.23. The molecule has 0 aliphatic carbocycles. The zero-order chi connectivity index (χ0) is 12.4. The van der Waals surface area contributed by atoms with E-state index in [4.69, 9.17) is 0 Å². The van der Waals surface area contributed by atoms with Crippen LogP contribution in [0.25, 0.3) is 0 Å². The van der Waals surface area contributed by atoms with Crippen molar-refractivity contribution in [3.63, 3.8) is 0 Å². The van der Waals surface area contributed by atoms with E-state index in [2.05, 4.69) is 49.3 Å². The number of anilines is 1. The summed E-state index contributed by atoms with van der Waals surface area (Å²) < 4.78 is 2.03. The van der Waals surface area contributed by atoms with Gasteiger partial charge in [0.1, 0.15) is 0 Å². The molecule has 0 radical (unpaired) electrons. The number of hydrogen-bond acceptors (Lipinski definition) is 3. The lowest BCUT2D eigenvalue weighted by atomic mass is 9.94. The average Bonchev–Trinajstić information content (AvgIpc) is 2.78. The van der Waals surface area contributed by atoms with Crippen LogP contribution in [-0.4, -0.2) is 36.0 Å². The lowest BCUT2D eigenvalue weighted by molar-refractivity contribution is 0.339. The molecular formula is C13H24N4. The molecule has 1 fully saturated rings. The largest absolute Gasteiger partial charge is 0.369 e. The molecule has 1 aliphatic heterocycles. The molecule has 0 bridgehead atoms. The van der Waals surface area contributed by atoms with E-state index in [-0.39, 0.29) is 0 Å². The van der Waals surface area contributed by atoms with E-state index in [1.54, 1.807) is 0 Å². The fourth-order valence-corrected chi connectivity index (χ4v) is 2.58. The van der Waals surface area contributed by atoms with E-state index in [1.807, 2.05) is 10.9 Å². The second-order valence-electron chi connectivity index (χ2n) is 5.38.